The minimum absolute atomic E-state index is 0.128. The van der Waals surface area contributed by atoms with E-state index in [1.54, 1.807) is 12.5 Å². The van der Waals surface area contributed by atoms with Crippen LogP contribution in [0.4, 0.5) is 0 Å². The van der Waals surface area contributed by atoms with Gasteiger partial charge in [0.15, 0.2) is 5.82 Å². The second-order valence-corrected chi connectivity index (χ2v) is 9.00. The van der Waals surface area contributed by atoms with E-state index in [0.717, 1.165) is 42.8 Å². The normalized spacial score (nSPS) is 23.1. The standard InChI is InChI=1S/C25H29N7O/c1-3-16(2)21-10-7-17(14-27-21)18-11-19(13-26-12-18)25(33)30-23-6-4-5-22(29-23)24-31-28-15-32(24)20-8-9-20/h4,6-7,10-13,15-17,20,22H,3,5,8-9,14H2,1-2H3,(H,29,30,33). The van der Waals surface area contributed by atoms with Crippen LogP contribution in [-0.2, 0) is 0 Å². The van der Waals surface area contributed by atoms with Gasteiger partial charge in [0.1, 0.15) is 18.2 Å². The van der Waals surface area contributed by atoms with Gasteiger partial charge in [0, 0.05) is 36.6 Å². The number of nitrogens with one attached hydrogen (secondary N) is 1. The predicted octanol–water partition coefficient (Wildman–Crippen LogP) is 3.98. The third-order valence-corrected chi connectivity index (χ3v) is 6.55. The monoisotopic (exact) mass is 443 g/mol. The number of allylic oxidation sites excluding steroid dienone is 1. The number of nitrogens with zero attached hydrogens (tertiary/aromatic N) is 6. The van der Waals surface area contributed by atoms with Crippen LogP contribution < -0.4 is 5.32 Å². The number of hydrogen-bond acceptors (Lipinski definition) is 6. The first-order valence-corrected chi connectivity index (χ1v) is 11.7. The zero-order chi connectivity index (χ0) is 22.8. The maximum Gasteiger partial charge on any atom is 0.258 e. The third-order valence-electron chi connectivity index (χ3n) is 6.55. The Bertz CT molecular complexity index is 1160. The number of hydrogen-bond donors (Lipinski definition) is 1. The van der Waals surface area contributed by atoms with Crippen molar-refractivity contribution in [2.75, 3.05) is 6.54 Å². The molecule has 170 valence electrons. The molecule has 1 amide bonds. The van der Waals surface area contributed by atoms with Crippen LogP contribution in [0.5, 0.6) is 0 Å². The molecule has 3 aliphatic rings. The number of rotatable bonds is 6. The van der Waals surface area contributed by atoms with Crippen LogP contribution >= 0.6 is 0 Å². The number of carbonyl (C=O) groups excluding carboxylic acids is 1. The molecule has 2 aromatic rings. The second kappa shape index (κ2) is 9.21. The van der Waals surface area contributed by atoms with Gasteiger partial charge < -0.3 is 9.88 Å². The fraction of sp³-hybridized carbons (Fsp3) is 0.440. The molecule has 2 aliphatic heterocycles. The Morgan fingerprint density at radius 3 is 2.91 bits per heavy atom. The summed E-state index contributed by atoms with van der Waals surface area (Å²) in [7, 11) is 0. The molecule has 5 rings (SSSR count). The van der Waals surface area contributed by atoms with E-state index in [9.17, 15) is 4.79 Å². The van der Waals surface area contributed by atoms with Gasteiger partial charge in [0.05, 0.1) is 5.56 Å². The molecule has 3 unspecified atom stereocenters. The summed E-state index contributed by atoms with van der Waals surface area (Å²) in [5, 5.41) is 11.3. The van der Waals surface area contributed by atoms with Gasteiger partial charge in [-0.1, -0.05) is 26.0 Å². The molecular formula is C25H29N7O. The number of aliphatic imine (C=N–C) groups is 2. The topological polar surface area (TPSA) is 97.4 Å². The Balaban J connectivity index is 1.27. The Morgan fingerprint density at radius 2 is 2.15 bits per heavy atom. The van der Waals surface area contributed by atoms with Crippen LogP contribution in [0, 0.1) is 5.92 Å². The average molecular weight is 444 g/mol. The largest absolute Gasteiger partial charge is 0.313 e. The maximum absolute atomic E-state index is 13.0. The highest BCUT2D eigenvalue weighted by Crippen LogP contribution is 2.37. The van der Waals surface area contributed by atoms with E-state index in [2.05, 4.69) is 51.1 Å². The van der Waals surface area contributed by atoms with Gasteiger partial charge in [-0.05, 0) is 55.4 Å². The molecule has 0 radical (unpaired) electrons. The van der Waals surface area contributed by atoms with Crippen LogP contribution in [-0.4, -0.2) is 43.7 Å². The van der Waals surface area contributed by atoms with E-state index >= 15 is 0 Å². The minimum atomic E-state index is -0.222. The molecule has 0 bridgehead atoms. The van der Waals surface area contributed by atoms with E-state index in [-0.39, 0.29) is 17.9 Å². The summed E-state index contributed by atoms with van der Waals surface area (Å²) in [6.07, 6.45) is 17.5. The van der Waals surface area contributed by atoms with Crippen LogP contribution in [0.2, 0.25) is 0 Å². The first kappa shape index (κ1) is 21.4. The van der Waals surface area contributed by atoms with Gasteiger partial charge in [-0.15, -0.1) is 10.2 Å². The van der Waals surface area contributed by atoms with E-state index in [4.69, 9.17) is 9.98 Å². The summed E-state index contributed by atoms with van der Waals surface area (Å²) < 4.78 is 2.12. The molecule has 2 aromatic heterocycles. The fourth-order valence-corrected chi connectivity index (χ4v) is 4.18. The molecule has 4 heterocycles. The molecule has 8 heteroatoms. The molecule has 8 nitrogen and oxygen atoms in total. The van der Waals surface area contributed by atoms with E-state index in [1.807, 2.05) is 24.4 Å². The summed E-state index contributed by atoms with van der Waals surface area (Å²) in [5.74, 6) is 1.76. The number of amides is 1. The highest BCUT2D eigenvalue weighted by molar-refractivity contribution is 6.10. The molecule has 0 spiro atoms. The Kier molecular flexibility index (Phi) is 5.98. The first-order chi connectivity index (χ1) is 16.1. The fourth-order valence-electron chi connectivity index (χ4n) is 4.18. The van der Waals surface area contributed by atoms with Crippen molar-refractivity contribution in [2.24, 2.45) is 15.9 Å². The summed E-state index contributed by atoms with van der Waals surface area (Å²) in [5.41, 5.74) is 2.64. The Hall–Kier alpha value is -3.42. The lowest BCUT2D eigenvalue weighted by Gasteiger charge is -2.19. The van der Waals surface area contributed by atoms with Gasteiger partial charge in [-0.3, -0.25) is 19.8 Å². The lowest BCUT2D eigenvalue weighted by Crippen LogP contribution is -2.31. The van der Waals surface area contributed by atoms with Crippen molar-refractivity contribution in [3.8, 4) is 0 Å². The second-order valence-electron chi connectivity index (χ2n) is 9.00. The lowest BCUT2D eigenvalue weighted by atomic mass is 9.93. The third kappa shape index (κ3) is 4.69. The summed E-state index contributed by atoms with van der Waals surface area (Å²) in [4.78, 5) is 26.8. The molecule has 1 fully saturated rings. The van der Waals surface area contributed by atoms with Gasteiger partial charge in [0.2, 0.25) is 0 Å². The van der Waals surface area contributed by atoms with Crippen molar-refractivity contribution in [3.05, 3.63) is 66.0 Å². The van der Waals surface area contributed by atoms with E-state index < -0.39 is 0 Å². The maximum atomic E-state index is 13.0. The number of amidine groups is 1. The number of aromatic nitrogens is 4. The molecule has 1 N–H and O–H groups in total. The van der Waals surface area contributed by atoms with Crippen molar-refractivity contribution >= 4 is 17.5 Å². The predicted molar refractivity (Wildman–Crippen MR) is 128 cm³/mol. The molecule has 0 saturated heterocycles. The summed E-state index contributed by atoms with van der Waals surface area (Å²) in [6.45, 7) is 5.05. The number of carbonyl (C=O) groups is 1. The minimum Gasteiger partial charge on any atom is -0.313 e. The molecule has 0 aromatic carbocycles. The highest BCUT2D eigenvalue weighted by Gasteiger charge is 2.29. The van der Waals surface area contributed by atoms with E-state index in [0.29, 0.717) is 29.9 Å². The smallest absolute Gasteiger partial charge is 0.258 e. The molecule has 3 atom stereocenters. The summed E-state index contributed by atoms with van der Waals surface area (Å²) in [6, 6.07) is 2.25. The molecule has 1 aliphatic carbocycles. The lowest BCUT2D eigenvalue weighted by molar-refractivity contribution is 0.0976. The quantitative estimate of drug-likeness (QED) is 0.730. The van der Waals surface area contributed by atoms with Gasteiger partial charge in [-0.2, -0.15) is 0 Å². The van der Waals surface area contributed by atoms with Crippen molar-refractivity contribution in [1.82, 2.24) is 25.1 Å². The zero-order valence-corrected chi connectivity index (χ0v) is 19.1. The van der Waals surface area contributed by atoms with E-state index in [1.165, 1.54) is 0 Å². The number of dihydropyridines is 2. The average Bonchev–Trinajstić information content (AvgIpc) is 3.59. The van der Waals surface area contributed by atoms with Crippen molar-refractivity contribution in [3.63, 3.8) is 0 Å². The molecule has 1 saturated carbocycles. The number of pyridine rings is 1. The first-order valence-electron chi connectivity index (χ1n) is 11.7. The van der Waals surface area contributed by atoms with Crippen molar-refractivity contribution in [1.29, 1.82) is 0 Å². The van der Waals surface area contributed by atoms with Crippen LogP contribution in [0.1, 0.15) is 79.3 Å². The van der Waals surface area contributed by atoms with Gasteiger partial charge in [-0.25, -0.2) is 0 Å². The molecule has 33 heavy (non-hydrogen) atoms. The van der Waals surface area contributed by atoms with Gasteiger partial charge >= 0.3 is 0 Å². The zero-order valence-electron chi connectivity index (χ0n) is 19.1. The molecular weight excluding hydrogens is 414 g/mol. The Morgan fingerprint density at radius 1 is 1.27 bits per heavy atom. The SMILES string of the molecule is CCC(C)C1=NCC(c2cncc(C(=O)NC3=NC(c4nncn4C4CC4)CC=C3)c2)C=C1. The van der Waals surface area contributed by atoms with Crippen LogP contribution in [0.15, 0.2) is 59.1 Å². The Labute approximate surface area is 193 Å². The summed E-state index contributed by atoms with van der Waals surface area (Å²) >= 11 is 0. The van der Waals surface area contributed by atoms with Crippen LogP contribution in [0.25, 0.3) is 0 Å². The van der Waals surface area contributed by atoms with Gasteiger partial charge in [0.25, 0.3) is 5.91 Å². The van der Waals surface area contributed by atoms with Crippen LogP contribution in [0.3, 0.4) is 0 Å². The highest BCUT2D eigenvalue weighted by atomic mass is 16.1. The van der Waals surface area contributed by atoms with Crippen molar-refractivity contribution in [2.45, 2.75) is 57.5 Å². The van der Waals surface area contributed by atoms with Crippen molar-refractivity contribution < 1.29 is 4.79 Å².